The first-order valence-corrected chi connectivity index (χ1v) is 4.95. The zero-order chi connectivity index (χ0) is 9.97. The van der Waals surface area contributed by atoms with Gasteiger partial charge in [-0.25, -0.2) is 0 Å². The van der Waals surface area contributed by atoms with E-state index in [0.717, 1.165) is 11.4 Å². The molecule has 74 valence electrons. The van der Waals surface area contributed by atoms with Crippen LogP contribution in [0.4, 0.5) is 0 Å². The van der Waals surface area contributed by atoms with Crippen LogP contribution in [-0.2, 0) is 0 Å². The smallest absolute Gasteiger partial charge is 0.0688 e. The second-order valence-corrected chi connectivity index (χ2v) is 3.61. The fourth-order valence-electron chi connectivity index (χ4n) is 1.53. The third kappa shape index (κ3) is 1.90. The van der Waals surface area contributed by atoms with E-state index in [1.54, 1.807) is 0 Å². The molecule has 2 heteroatoms. The van der Waals surface area contributed by atoms with Gasteiger partial charge in [-0.2, -0.15) is 11.4 Å². The molecule has 0 saturated heterocycles. The Balaban J connectivity index is 2.16. The largest absolute Gasteiger partial charge is 0.680 e. The van der Waals surface area contributed by atoms with Crippen LogP contribution in [0.1, 0.15) is 13.8 Å². The number of allylic oxidation sites excluding steroid dienone is 4. The highest BCUT2D eigenvalue weighted by atomic mass is 15.0. The van der Waals surface area contributed by atoms with Crippen LogP contribution in [0.5, 0.6) is 0 Å². The predicted octanol–water partition coefficient (Wildman–Crippen LogP) is 3.42. The summed E-state index contributed by atoms with van der Waals surface area (Å²) in [6.45, 7) is 4.15. The van der Waals surface area contributed by atoms with Crippen LogP contribution in [0, 0.1) is 0 Å². The summed E-state index contributed by atoms with van der Waals surface area (Å²) in [5.41, 5.74) is 1.99. The Hall–Kier alpha value is -1.44. The fourth-order valence-corrected chi connectivity index (χ4v) is 1.53. The van der Waals surface area contributed by atoms with E-state index >= 15 is 0 Å². The molecule has 2 aliphatic rings. The second-order valence-electron chi connectivity index (χ2n) is 3.61. The van der Waals surface area contributed by atoms with E-state index < -0.39 is 0 Å². The lowest BCUT2D eigenvalue weighted by molar-refractivity contribution is 0.980. The molecule has 2 unspecified atom stereocenters. The predicted molar refractivity (Wildman–Crippen MR) is 60.1 cm³/mol. The van der Waals surface area contributed by atoms with Gasteiger partial charge in [-0.05, 0) is 0 Å². The molecule has 0 aliphatic carbocycles. The monoisotopic (exact) mass is 186 g/mol. The molecule has 0 saturated carbocycles. The highest BCUT2D eigenvalue weighted by Gasteiger charge is 1.96. The Kier molecular flexibility index (Phi) is 2.44. The SMILES string of the molecule is CC1C=CC=C(C2=CC=CC(C)[N-]2)[N-]1. The molecule has 0 aromatic carbocycles. The van der Waals surface area contributed by atoms with Crippen LogP contribution >= 0.6 is 0 Å². The minimum absolute atomic E-state index is 0.271. The molecule has 0 radical (unpaired) electrons. The zero-order valence-electron chi connectivity index (χ0n) is 8.51. The molecule has 2 atom stereocenters. The minimum atomic E-state index is 0.271. The van der Waals surface area contributed by atoms with Gasteiger partial charge >= 0.3 is 0 Å². The summed E-state index contributed by atoms with van der Waals surface area (Å²) in [6, 6.07) is 0.541. The third-order valence-electron chi connectivity index (χ3n) is 2.24. The summed E-state index contributed by atoms with van der Waals surface area (Å²) in [5.74, 6) is 0. The van der Waals surface area contributed by atoms with Gasteiger partial charge in [0.1, 0.15) is 0 Å². The molecule has 0 aromatic heterocycles. The average Bonchev–Trinajstić information content (AvgIpc) is 2.18. The van der Waals surface area contributed by atoms with Crippen molar-refractivity contribution < 1.29 is 0 Å². The van der Waals surface area contributed by atoms with Crippen molar-refractivity contribution in [1.82, 2.24) is 0 Å². The number of hydrogen-bond acceptors (Lipinski definition) is 0. The molecular weight excluding hydrogens is 172 g/mol. The van der Waals surface area contributed by atoms with Gasteiger partial charge in [-0.3, -0.25) is 0 Å². The summed E-state index contributed by atoms with van der Waals surface area (Å²) in [7, 11) is 0. The second kappa shape index (κ2) is 3.74. The molecule has 0 fully saturated rings. The average molecular weight is 186 g/mol. The lowest BCUT2D eigenvalue weighted by atomic mass is 10.1. The maximum absolute atomic E-state index is 4.52. The van der Waals surface area contributed by atoms with Gasteiger partial charge in [0.05, 0.1) is 0 Å². The van der Waals surface area contributed by atoms with Crippen LogP contribution in [0.3, 0.4) is 0 Å². The van der Waals surface area contributed by atoms with Gasteiger partial charge in [0.2, 0.25) is 0 Å². The Morgan fingerprint density at radius 3 is 1.64 bits per heavy atom. The van der Waals surface area contributed by atoms with Gasteiger partial charge in [0.25, 0.3) is 0 Å². The quantitative estimate of drug-likeness (QED) is 0.600. The Morgan fingerprint density at radius 1 is 0.857 bits per heavy atom. The highest BCUT2D eigenvalue weighted by Crippen LogP contribution is 2.30. The molecule has 2 aliphatic heterocycles. The summed E-state index contributed by atoms with van der Waals surface area (Å²) >= 11 is 0. The maximum Gasteiger partial charge on any atom is -0.0688 e. The first-order valence-electron chi connectivity index (χ1n) is 4.95. The van der Waals surface area contributed by atoms with Crippen LogP contribution in [-0.4, -0.2) is 12.1 Å². The Morgan fingerprint density at radius 2 is 1.29 bits per heavy atom. The van der Waals surface area contributed by atoms with E-state index in [-0.39, 0.29) is 12.1 Å². The van der Waals surface area contributed by atoms with Crippen molar-refractivity contribution in [3.63, 3.8) is 0 Å². The third-order valence-corrected chi connectivity index (χ3v) is 2.24. The Bertz CT molecular complexity index is 300. The molecule has 2 rings (SSSR count). The molecule has 0 bridgehead atoms. The molecule has 14 heavy (non-hydrogen) atoms. The normalized spacial score (nSPS) is 30.1. The van der Waals surface area contributed by atoms with E-state index in [9.17, 15) is 0 Å². The topological polar surface area (TPSA) is 28.2 Å². The summed E-state index contributed by atoms with van der Waals surface area (Å²) in [5, 5.41) is 9.04. The van der Waals surface area contributed by atoms with E-state index in [2.05, 4.69) is 36.6 Å². The fraction of sp³-hybridized carbons (Fsp3) is 0.333. The first kappa shape index (κ1) is 9.13. The number of hydrogen-bond donors (Lipinski definition) is 0. The Labute approximate surface area is 85.1 Å². The van der Waals surface area contributed by atoms with E-state index in [4.69, 9.17) is 0 Å². The molecule has 0 N–H and O–H groups in total. The molecule has 2 heterocycles. The lowest BCUT2D eigenvalue weighted by Gasteiger charge is -2.44. The van der Waals surface area contributed by atoms with Crippen LogP contribution < -0.4 is 0 Å². The van der Waals surface area contributed by atoms with E-state index in [1.807, 2.05) is 24.3 Å². The lowest BCUT2D eigenvalue weighted by Crippen LogP contribution is -2.07. The number of nitrogens with zero attached hydrogens (tertiary/aromatic N) is 2. The summed E-state index contributed by atoms with van der Waals surface area (Å²) in [6.07, 6.45) is 12.3. The van der Waals surface area contributed by atoms with Crippen molar-refractivity contribution in [3.05, 3.63) is 58.5 Å². The first-order chi connectivity index (χ1) is 6.75. The summed E-state index contributed by atoms with van der Waals surface area (Å²) in [4.78, 5) is 0. The van der Waals surface area contributed by atoms with Gasteiger partial charge < -0.3 is 10.6 Å². The van der Waals surface area contributed by atoms with Crippen molar-refractivity contribution in [2.24, 2.45) is 0 Å². The molecular formula is C12H14N2-2. The molecule has 2 nitrogen and oxygen atoms in total. The molecule has 0 amide bonds. The van der Waals surface area contributed by atoms with Gasteiger partial charge in [0.15, 0.2) is 0 Å². The summed E-state index contributed by atoms with van der Waals surface area (Å²) < 4.78 is 0. The van der Waals surface area contributed by atoms with Crippen LogP contribution in [0.2, 0.25) is 0 Å². The van der Waals surface area contributed by atoms with Crippen molar-refractivity contribution in [2.75, 3.05) is 0 Å². The maximum atomic E-state index is 4.52. The van der Waals surface area contributed by atoms with Crippen molar-refractivity contribution in [2.45, 2.75) is 25.9 Å². The van der Waals surface area contributed by atoms with Crippen molar-refractivity contribution in [3.8, 4) is 0 Å². The van der Waals surface area contributed by atoms with Gasteiger partial charge in [-0.15, -0.1) is 12.1 Å². The van der Waals surface area contributed by atoms with Crippen molar-refractivity contribution in [1.29, 1.82) is 0 Å². The van der Waals surface area contributed by atoms with E-state index in [1.165, 1.54) is 0 Å². The zero-order valence-corrected chi connectivity index (χ0v) is 8.51. The molecule has 0 spiro atoms. The van der Waals surface area contributed by atoms with Gasteiger partial charge in [0, 0.05) is 0 Å². The van der Waals surface area contributed by atoms with Crippen LogP contribution in [0.15, 0.2) is 47.9 Å². The number of rotatable bonds is 1. The van der Waals surface area contributed by atoms with Crippen molar-refractivity contribution >= 4 is 0 Å². The highest BCUT2D eigenvalue weighted by molar-refractivity contribution is 5.54. The van der Waals surface area contributed by atoms with Gasteiger partial charge in [-0.1, -0.05) is 50.3 Å². The van der Waals surface area contributed by atoms with E-state index in [0.29, 0.717) is 0 Å². The minimum Gasteiger partial charge on any atom is -0.680 e. The van der Waals surface area contributed by atoms with Crippen LogP contribution in [0.25, 0.3) is 10.6 Å². The molecule has 0 aromatic rings. The standard InChI is InChI=1S/C12H14N2/c1-9-5-3-7-11(13-9)12-8-4-6-10(2)14-12/h3-10H,1-2H3/q-2.